The summed E-state index contributed by atoms with van der Waals surface area (Å²) in [5, 5.41) is 3.60. The zero-order chi connectivity index (χ0) is 20.4. The van der Waals surface area contributed by atoms with Gasteiger partial charge in [-0.2, -0.15) is 0 Å². The van der Waals surface area contributed by atoms with Crippen LogP contribution in [-0.4, -0.2) is 22.6 Å². The van der Waals surface area contributed by atoms with Crippen molar-refractivity contribution < 1.29 is 0 Å². The highest BCUT2D eigenvalue weighted by atomic mass is 79.9. The molecule has 3 aromatic rings. The van der Waals surface area contributed by atoms with Gasteiger partial charge in [0.1, 0.15) is 5.52 Å². The molecule has 0 radical (unpaired) electrons. The summed E-state index contributed by atoms with van der Waals surface area (Å²) in [6, 6.07) is 8.76. The summed E-state index contributed by atoms with van der Waals surface area (Å²) in [5.74, 6) is 0.867. The van der Waals surface area contributed by atoms with Crippen molar-refractivity contribution in [3.05, 3.63) is 45.4 Å². The van der Waals surface area contributed by atoms with Crippen LogP contribution in [0.1, 0.15) is 43.4 Å². The number of nitrogens with one attached hydrogen (secondary N) is 1. The maximum Gasteiger partial charge on any atom is 0.208 e. The average Bonchev–Trinajstić information content (AvgIpc) is 2.96. The largest absolute Gasteiger partial charge is 0.370 e. The van der Waals surface area contributed by atoms with Gasteiger partial charge < -0.3 is 14.8 Å². The first-order chi connectivity index (χ1) is 13.4. The zero-order valence-electron chi connectivity index (χ0n) is 17.9. The minimum Gasteiger partial charge on any atom is -0.370 e. The zero-order valence-corrected chi connectivity index (χ0v) is 19.4. The third-order valence-electron chi connectivity index (χ3n) is 5.19. The number of aromatic nitrogens is 2. The van der Waals surface area contributed by atoms with Crippen molar-refractivity contribution in [2.75, 3.05) is 23.3 Å². The molecule has 1 aromatic heterocycles. The van der Waals surface area contributed by atoms with E-state index in [1.807, 2.05) is 0 Å². The smallest absolute Gasteiger partial charge is 0.208 e. The van der Waals surface area contributed by atoms with Gasteiger partial charge in [0.2, 0.25) is 5.95 Å². The van der Waals surface area contributed by atoms with Crippen LogP contribution in [0.4, 0.5) is 17.3 Å². The number of rotatable bonds is 7. The molecule has 2 aromatic carbocycles. The molecule has 3 rings (SSSR count). The topological polar surface area (TPSA) is 33.1 Å². The van der Waals surface area contributed by atoms with E-state index >= 15 is 0 Å². The lowest BCUT2D eigenvalue weighted by molar-refractivity contribution is 0.745. The van der Waals surface area contributed by atoms with Crippen LogP contribution in [0.3, 0.4) is 0 Å². The minimum atomic E-state index is 0.867. The lowest BCUT2D eigenvalue weighted by Gasteiger charge is -2.25. The van der Waals surface area contributed by atoms with Gasteiger partial charge in [-0.1, -0.05) is 31.5 Å². The van der Waals surface area contributed by atoms with E-state index in [0.29, 0.717) is 0 Å². The Morgan fingerprint density at radius 3 is 2.21 bits per heavy atom. The number of fused-ring (bicyclic) bond motifs is 1. The van der Waals surface area contributed by atoms with Crippen molar-refractivity contribution in [2.24, 2.45) is 7.05 Å². The number of halogens is 1. The Bertz CT molecular complexity index is 961. The molecule has 150 valence electrons. The summed E-state index contributed by atoms with van der Waals surface area (Å²) in [4.78, 5) is 7.43. The second kappa shape index (κ2) is 8.56. The number of aryl methyl sites for hydroxylation is 4. The number of nitrogens with zero attached hydrogens (tertiary/aromatic N) is 3. The van der Waals surface area contributed by atoms with Gasteiger partial charge in [-0.25, -0.2) is 4.98 Å². The standard InChI is InChI=1S/C23H31BrN4/c1-7-11-28(12-8-2)19-10-9-18(24)21-22(19)27(6)23(26-21)25-20-16(4)13-15(3)14-17(20)5/h9-10,13-14H,7-8,11-12H2,1-6H3,(H,25,26). The van der Waals surface area contributed by atoms with E-state index in [2.05, 4.69) is 96.6 Å². The van der Waals surface area contributed by atoms with Gasteiger partial charge in [0, 0.05) is 30.3 Å². The van der Waals surface area contributed by atoms with Crippen LogP contribution in [0.2, 0.25) is 0 Å². The van der Waals surface area contributed by atoms with Crippen molar-refractivity contribution in [3.8, 4) is 0 Å². The van der Waals surface area contributed by atoms with Crippen LogP contribution >= 0.6 is 15.9 Å². The van der Waals surface area contributed by atoms with Crippen LogP contribution in [0, 0.1) is 20.8 Å². The van der Waals surface area contributed by atoms with Crippen molar-refractivity contribution in [1.82, 2.24) is 9.55 Å². The molecule has 28 heavy (non-hydrogen) atoms. The third kappa shape index (κ3) is 3.90. The molecule has 1 N–H and O–H groups in total. The fraction of sp³-hybridized carbons (Fsp3) is 0.435. The maximum atomic E-state index is 4.95. The quantitative estimate of drug-likeness (QED) is 0.445. The van der Waals surface area contributed by atoms with Crippen LogP contribution in [-0.2, 0) is 7.05 Å². The number of hydrogen-bond acceptors (Lipinski definition) is 3. The van der Waals surface area contributed by atoms with E-state index in [0.717, 1.165) is 47.6 Å². The van der Waals surface area contributed by atoms with Gasteiger partial charge in [0.15, 0.2) is 0 Å². The Hall–Kier alpha value is -2.01. The van der Waals surface area contributed by atoms with Crippen LogP contribution < -0.4 is 10.2 Å². The summed E-state index contributed by atoms with van der Waals surface area (Å²) in [5.41, 5.74) is 8.32. The van der Waals surface area contributed by atoms with E-state index < -0.39 is 0 Å². The van der Waals surface area contributed by atoms with Gasteiger partial charge >= 0.3 is 0 Å². The third-order valence-corrected chi connectivity index (χ3v) is 5.83. The van der Waals surface area contributed by atoms with E-state index in [4.69, 9.17) is 4.98 Å². The molecule has 0 fully saturated rings. The van der Waals surface area contributed by atoms with Crippen LogP contribution in [0.25, 0.3) is 11.0 Å². The van der Waals surface area contributed by atoms with Crippen molar-refractivity contribution in [3.63, 3.8) is 0 Å². The van der Waals surface area contributed by atoms with Gasteiger partial charge in [-0.3, -0.25) is 0 Å². The molecule has 0 aliphatic carbocycles. The minimum absolute atomic E-state index is 0.867. The van der Waals surface area contributed by atoms with Gasteiger partial charge in [-0.15, -0.1) is 0 Å². The molecule has 0 saturated carbocycles. The monoisotopic (exact) mass is 442 g/mol. The fourth-order valence-corrected chi connectivity index (χ4v) is 4.43. The molecule has 0 aliphatic rings. The molecule has 1 heterocycles. The van der Waals surface area contributed by atoms with Crippen molar-refractivity contribution in [1.29, 1.82) is 0 Å². The second-order valence-corrected chi connectivity index (χ2v) is 8.50. The summed E-state index contributed by atoms with van der Waals surface area (Å²) in [6.07, 6.45) is 2.25. The number of anilines is 3. The SMILES string of the molecule is CCCN(CCC)c1ccc(Br)c2nc(Nc3c(C)cc(C)cc3C)n(C)c12. The predicted octanol–water partition coefficient (Wildman–Crippen LogP) is 6.63. The molecule has 4 nitrogen and oxygen atoms in total. The normalized spacial score (nSPS) is 11.2. The Morgan fingerprint density at radius 1 is 1.04 bits per heavy atom. The predicted molar refractivity (Wildman–Crippen MR) is 125 cm³/mol. The molecule has 0 saturated heterocycles. The Labute approximate surface area is 177 Å². The molecule has 0 unspecified atom stereocenters. The van der Waals surface area contributed by atoms with E-state index in [1.165, 1.54) is 27.9 Å². The van der Waals surface area contributed by atoms with Gasteiger partial charge in [-0.05, 0) is 72.8 Å². The first-order valence-electron chi connectivity index (χ1n) is 10.1. The second-order valence-electron chi connectivity index (χ2n) is 7.64. The highest BCUT2D eigenvalue weighted by molar-refractivity contribution is 9.10. The van der Waals surface area contributed by atoms with Crippen molar-refractivity contribution >= 4 is 44.3 Å². The molecule has 0 spiro atoms. The Balaban J connectivity index is 2.13. The lowest BCUT2D eigenvalue weighted by Crippen LogP contribution is -2.25. The first kappa shape index (κ1) is 20.7. The van der Waals surface area contributed by atoms with E-state index in [9.17, 15) is 0 Å². The first-order valence-corrected chi connectivity index (χ1v) is 10.9. The fourth-order valence-electron chi connectivity index (χ4n) is 4.02. The summed E-state index contributed by atoms with van der Waals surface area (Å²) >= 11 is 3.71. The van der Waals surface area contributed by atoms with E-state index in [1.54, 1.807) is 0 Å². The molecule has 0 atom stereocenters. The number of benzene rings is 2. The average molecular weight is 443 g/mol. The van der Waals surface area contributed by atoms with Crippen LogP contribution in [0.15, 0.2) is 28.7 Å². The Morgan fingerprint density at radius 2 is 1.64 bits per heavy atom. The molecule has 0 bridgehead atoms. The van der Waals surface area contributed by atoms with E-state index in [-0.39, 0.29) is 0 Å². The lowest BCUT2D eigenvalue weighted by atomic mass is 10.1. The summed E-state index contributed by atoms with van der Waals surface area (Å²) in [7, 11) is 2.10. The number of imidazole rings is 1. The van der Waals surface area contributed by atoms with Crippen LogP contribution in [0.5, 0.6) is 0 Å². The maximum absolute atomic E-state index is 4.95. The Kier molecular flexibility index (Phi) is 6.33. The molecular weight excluding hydrogens is 412 g/mol. The highest BCUT2D eigenvalue weighted by Crippen LogP contribution is 2.35. The van der Waals surface area contributed by atoms with Crippen molar-refractivity contribution in [2.45, 2.75) is 47.5 Å². The summed E-state index contributed by atoms with van der Waals surface area (Å²) in [6.45, 7) is 13.0. The van der Waals surface area contributed by atoms with Gasteiger partial charge in [0.25, 0.3) is 0 Å². The highest BCUT2D eigenvalue weighted by Gasteiger charge is 2.18. The number of hydrogen-bond donors (Lipinski definition) is 1. The molecular formula is C23H31BrN4. The summed E-state index contributed by atoms with van der Waals surface area (Å²) < 4.78 is 3.21. The molecule has 0 amide bonds. The van der Waals surface area contributed by atoms with Gasteiger partial charge in [0.05, 0.1) is 11.2 Å². The molecule has 0 aliphatic heterocycles. The molecule has 5 heteroatoms.